The highest BCUT2D eigenvalue weighted by molar-refractivity contribution is 7.09. The molecule has 3 heterocycles. The second-order valence-corrected chi connectivity index (χ2v) is 8.09. The van der Waals surface area contributed by atoms with Crippen LogP contribution in [0.5, 0.6) is 0 Å². The van der Waals surface area contributed by atoms with Gasteiger partial charge in [0, 0.05) is 50.2 Å². The van der Waals surface area contributed by atoms with Gasteiger partial charge < -0.3 is 4.90 Å². The van der Waals surface area contributed by atoms with Gasteiger partial charge in [-0.25, -0.2) is 9.37 Å². The van der Waals surface area contributed by atoms with Gasteiger partial charge in [-0.3, -0.25) is 9.69 Å². The molecular weight excluding hydrogens is 349 g/mol. The number of likely N-dealkylation sites (tertiary alicyclic amines) is 2. The molecule has 0 N–H and O–H groups in total. The van der Waals surface area contributed by atoms with E-state index in [0.717, 1.165) is 43.2 Å². The van der Waals surface area contributed by atoms with Gasteiger partial charge in [-0.05, 0) is 24.1 Å². The molecule has 6 heteroatoms. The monoisotopic (exact) mass is 371 g/mol. The summed E-state index contributed by atoms with van der Waals surface area (Å²) in [5.41, 5.74) is 0.663. The van der Waals surface area contributed by atoms with Crippen molar-refractivity contribution in [2.45, 2.75) is 18.9 Å². The van der Waals surface area contributed by atoms with Gasteiger partial charge in [0.15, 0.2) is 0 Å². The van der Waals surface area contributed by atoms with Crippen LogP contribution >= 0.6 is 11.3 Å². The van der Waals surface area contributed by atoms with Crippen LogP contribution in [0.4, 0.5) is 4.39 Å². The summed E-state index contributed by atoms with van der Waals surface area (Å²) in [6, 6.07) is 6.62. The smallest absolute Gasteiger partial charge is 0.231 e. The Morgan fingerprint density at radius 1 is 1.38 bits per heavy atom. The fourth-order valence-electron chi connectivity index (χ4n) is 4.35. The van der Waals surface area contributed by atoms with Crippen LogP contribution in [0.3, 0.4) is 0 Å². The zero-order chi connectivity index (χ0) is 18.1. The molecule has 1 spiro atoms. The van der Waals surface area contributed by atoms with Gasteiger partial charge in [-0.1, -0.05) is 18.2 Å². The molecule has 4 nitrogen and oxygen atoms in total. The third-order valence-corrected chi connectivity index (χ3v) is 6.46. The van der Waals surface area contributed by atoms with E-state index in [-0.39, 0.29) is 17.6 Å². The lowest BCUT2D eigenvalue weighted by atomic mass is 9.77. The Kier molecular flexibility index (Phi) is 4.63. The maximum absolute atomic E-state index is 13.2. The molecule has 2 aromatic rings. The van der Waals surface area contributed by atoms with Gasteiger partial charge in [0.1, 0.15) is 5.82 Å². The number of nitrogens with zero attached hydrogens (tertiary/aromatic N) is 3. The number of hydrogen-bond acceptors (Lipinski definition) is 4. The highest BCUT2D eigenvalue weighted by atomic mass is 32.1. The summed E-state index contributed by atoms with van der Waals surface area (Å²) in [5.74, 6) is 0.114. The van der Waals surface area contributed by atoms with E-state index < -0.39 is 5.41 Å². The molecule has 4 rings (SSSR count). The summed E-state index contributed by atoms with van der Waals surface area (Å²) in [6.45, 7) is 7.40. The maximum Gasteiger partial charge on any atom is 0.231 e. The Balaban J connectivity index is 1.60. The Morgan fingerprint density at radius 3 is 2.88 bits per heavy atom. The van der Waals surface area contributed by atoms with Crippen LogP contribution < -0.4 is 0 Å². The number of aromatic nitrogens is 1. The molecule has 136 valence electrons. The molecular formula is C20H22FN3OS. The summed E-state index contributed by atoms with van der Waals surface area (Å²) in [6.07, 6.45) is 4.46. The van der Waals surface area contributed by atoms with E-state index in [4.69, 9.17) is 0 Å². The average molecular weight is 371 g/mol. The van der Waals surface area contributed by atoms with Crippen molar-refractivity contribution in [2.24, 2.45) is 5.41 Å². The standard InChI is InChI=1S/C20H22FN3OS/c1-2-9-24-10-7-20(19(24)25)14-23(12-15-3-5-16(21)6-4-15)13-17(20)18-22-8-11-26-18/h2-6,8,11,17H,1,7,9-10,12-14H2/t17-,20-/m0/s1. The van der Waals surface area contributed by atoms with Gasteiger partial charge in [-0.15, -0.1) is 17.9 Å². The summed E-state index contributed by atoms with van der Waals surface area (Å²) in [7, 11) is 0. The Bertz CT molecular complexity index is 792. The summed E-state index contributed by atoms with van der Waals surface area (Å²) >= 11 is 1.63. The van der Waals surface area contributed by atoms with Crippen LogP contribution in [-0.2, 0) is 11.3 Å². The average Bonchev–Trinajstić information content (AvgIpc) is 3.34. The highest BCUT2D eigenvalue weighted by Gasteiger charge is 2.57. The Hall–Kier alpha value is -2.05. The minimum atomic E-state index is -0.402. The molecule has 1 aromatic carbocycles. The molecule has 2 fully saturated rings. The van der Waals surface area contributed by atoms with Crippen molar-refractivity contribution in [1.29, 1.82) is 0 Å². The summed E-state index contributed by atoms with van der Waals surface area (Å²) in [4.78, 5) is 22.0. The van der Waals surface area contributed by atoms with Gasteiger partial charge in [0.2, 0.25) is 5.91 Å². The molecule has 0 unspecified atom stereocenters. The van der Waals surface area contributed by atoms with Crippen molar-refractivity contribution >= 4 is 17.2 Å². The molecule has 0 aliphatic carbocycles. The van der Waals surface area contributed by atoms with Gasteiger partial charge >= 0.3 is 0 Å². The SMILES string of the molecule is C=CCN1CC[C@@]2(CN(Cc3ccc(F)cc3)C[C@H]2c2nccs2)C1=O. The lowest BCUT2D eigenvalue weighted by Crippen LogP contribution is -2.39. The largest absolute Gasteiger partial charge is 0.338 e. The van der Waals surface area contributed by atoms with E-state index in [2.05, 4.69) is 16.5 Å². The number of carbonyl (C=O) groups excluding carboxylic acids is 1. The molecule has 2 aliphatic heterocycles. The van der Waals surface area contributed by atoms with Crippen molar-refractivity contribution in [3.05, 3.63) is 64.9 Å². The minimum absolute atomic E-state index is 0.116. The maximum atomic E-state index is 13.2. The van der Waals surface area contributed by atoms with E-state index in [0.29, 0.717) is 6.54 Å². The number of hydrogen-bond donors (Lipinski definition) is 0. The molecule has 1 amide bonds. The molecule has 2 aliphatic rings. The molecule has 2 saturated heterocycles. The normalized spacial score (nSPS) is 26.1. The van der Waals surface area contributed by atoms with Gasteiger partial charge in [-0.2, -0.15) is 0 Å². The molecule has 0 bridgehead atoms. The third-order valence-electron chi connectivity index (χ3n) is 5.57. The van der Waals surface area contributed by atoms with E-state index in [1.54, 1.807) is 17.4 Å². The first kappa shape index (κ1) is 17.4. The predicted octanol–water partition coefficient (Wildman–Crippen LogP) is 3.29. The lowest BCUT2D eigenvalue weighted by molar-refractivity contribution is -0.135. The van der Waals surface area contributed by atoms with Crippen LogP contribution in [0, 0.1) is 11.2 Å². The number of amides is 1. The number of halogens is 1. The summed E-state index contributed by atoms with van der Waals surface area (Å²) in [5, 5.41) is 3.02. The Morgan fingerprint density at radius 2 is 2.19 bits per heavy atom. The fourth-order valence-corrected chi connectivity index (χ4v) is 5.20. The van der Waals surface area contributed by atoms with Crippen LogP contribution in [0.25, 0.3) is 0 Å². The molecule has 26 heavy (non-hydrogen) atoms. The van der Waals surface area contributed by atoms with Crippen molar-refractivity contribution in [3.8, 4) is 0 Å². The topological polar surface area (TPSA) is 36.4 Å². The van der Waals surface area contributed by atoms with Crippen molar-refractivity contribution in [1.82, 2.24) is 14.8 Å². The zero-order valence-electron chi connectivity index (χ0n) is 14.6. The second kappa shape index (κ2) is 6.93. The fraction of sp³-hybridized carbons (Fsp3) is 0.400. The zero-order valence-corrected chi connectivity index (χ0v) is 15.4. The molecule has 0 radical (unpaired) electrons. The highest BCUT2D eigenvalue weighted by Crippen LogP contribution is 2.50. The van der Waals surface area contributed by atoms with E-state index in [1.807, 2.05) is 28.6 Å². The predicted molar refractivity (Wildman–Crippen MR) is 100 cm³/mol. The Labute approximate surface area is 157 Å². The van der Waals surface area contributed by atoms with E-state index >= 15 is 0 Å². The van der Waals surface area contributed by atoms with Crippen molar-refractivity contribution in [2.75, 3.05) is 26.2 Å². The van der Waals surface area contributed by atoms with Crippen LogP contribution in [0.1, 0.15) is 22.9 Å². The third kappa shape index (κ3) is 2.97. The van der Waals surface area contributed by atoms with Crippen LogP contribution in [0.2, 0.25) is 0 Å². The molecule has 1 aromatic heterocycles. The quantitative estimate of drug-likeness (QED) is 0.757. The first-order chi connectivity index (χ1) is 12.6. The number of thiazole rings is 1. The summed E-state index contributed by atoms with van der Waals surface area (Å²) < 4.78 is 13.2. The first-order valence-electron chi connectivity index (χ1n) is 8.89. The minimum Gasteiger partial charge on any atom is -0.338 e. The number of rotatable bonds is 5. The van der Waals surface area contributed by atoms with Gasteiger partial charge in [0.05, 0.1) is 10.4 Å². The second-order valence-electron chi connectivity index (χ2n) is 7.16. The van der Waals surface area contributed by atoms with Crippen molar-refractivity contribution < 1.29 is 9.18 Å². The number of benzene rings is 1. The van der Waals surface area contributed by atoms with Crippen LogP contribution in [-0.4, -0.2) is 46.9 Å². The van der Waals surface area contributed by atoms with Crippen LogP contribution in [0.15, 0.2) is 48.5 Å². The molecule has 0 saturated carbocycles. The van der Waals surface area contributed by atoms with E-state index in [1.165, 1.54) is 12.1 Å². The van der Waals surface area contributed by atoms with Crippen molar-refractivity contribution in [3.63, 3.8) is 0 Å². The van der Waals surface area contributed by atoms with E-state index in [9.17, 15) is 9.18 Å². The van der Waals surface area contributed by atoms with Gasteiger partial charge in [0.25, 0.3) is 0 Å². The lowest BCUT2D eigenvalue weighted by Gasteiger charge is -2.27. The molecule has 2 atom stereocenters. The number of carbonyl (C=O) groups is 1. The first-order valence-corrected chi connectivity index (χ1v) is 9.77.